The van der Waals surface area contributed by atoms with Crippen LogP contribution >= 0.6 is 0 Å². The Hall–Kier alpha value is -2.48. The monoisotopic (exact) mass is 454 g/mol. The predicted molar refractivity (Wildman–Crippen MR) is 127 cm³/mol. The van der Waals surface area contributed by atoms with Gasteiger partial charge in [-0.05, 0) is 60.7 Å². The summed E-state index contributed by atoms with van der Waals surface area (Å²) in [6.07, 6.45) is 0. The lowest BCUT2D eigenvalue weighted by molar-refractivity contribution is 0.182. The van der Waals surface area contributed by atoms with Crippen molar-refractivity contribution in [2.75, 3.05) is 26.2 Å². The number of sulfonamides is 1. The number of aryl methyl sites for hydroxylation is 2. The zero-order valence-corrected chi connectivity index (χ0v) is 19.9. The fraction of sp³-hybridized carbons (Fsp3) is 0.400. The van der Waals surface area contributed by atoms with Gasteiger partial charge >= 0.3 is 5.63 Å². The number of hydrogen-bond acceptors (Lipinski definition) is 5. The smallest absolute Gasteiger partial charge is 0.336 e. The number of nitrogens with zero attached hydrogens (tertiary/aromatic N) is 2. The van der Waals surface area contributed by atoms with Gasteiger partial charge < -0.3 is 4.42 Å². The van der Waals surface area contributed by atoms with Crippen molar-refractivity contribution in [2.45, 2.75) is 45.1 Å². The highest BCUT2D eigenvalue weighted by molar-refractivity contribution is 7.89. The van der Waals surface area contributed by atoms with Crippen molar-refractivity contribution < 1.29 is 12.8 Å². The first kappa shape index (κ1) is 22.7. The average molecular weight is 455 g/mol. The second-order valence-electron chi connectivity index (χ2n) is 8.94. The van der Waals surface area contributed by atoms with Crippen LogP contribution in [0, 0.1) is 13.8 Å². The number of piperazine rings is 1. The number of fused-ring (bicyclic) bond motifs is 1. The Morgan fingerprint density at radius 3 is 2.25 bits per heavy atom. The first-order chi connectivity index (χ1) is 15.1. The third-order valence-corrected chi connectivity index (χ3v) is 8.14. The minimum atomic E-state index is -3.49. The Morgan fingerprint density at radius 1 is 0.969 bits per heavy atom. The molecule has 0 N–H and O–H groups in total. The van der Waals surface area contributed by atoms with Crippen molar-refractivity contribution in [1.29, 1.82) is 0 Å². The molecular formula is C25H30N2O4S. The Labute approximate surface area is 189 Å². The minimum absolute atomic E-state index is 0.333. The summed E-state index contributed by atoms with van der Waals surface area (Å²) in [5, 5.41) is 0.952. The summed E-state index contributed by atoms with van der Waals surface area (Å²) in [5.41, 5.74) is 4.56. The molecule has 1 aromatic heterocycles. The van der Waals surface area contributed by atoms with Crippen molar-refractivity contribution in [3.05, 3.63) is 75.1 Å². The van der Waals surface area contributed by atoms with Crippen LogP contribution in [0.2, 0.25) is 0 Å². The van der Waals surface area contributed by atoms with E-state index in [0.717, 1.165) is 22.1 Å². The second-order valence-corrected chi connectivity index (χ2v) is 10.9. The molecule has 2 aromatic carbocycles. The molecule has 0 atom stereocenters. The Kier molecular flexibility index (Phi) is 6.25. The molecule has 3 aromatic rings. The van der Waals surface area contributed by atoms with Crippen LogP contribution in [0.3, 0.4) is 0 Å². The molecule has 0 aliphatic carbocycles. The predicted octanol–water partition coefficient (Wildman–Crippen LogP) is 4.04. The largest absolute Gasteiger partial charge is 0.423 e. The summed E-state index contributed by atoms with van der Waals surface area (Å²) in [5.74, 6) is 0.370. The highest BCUT2D eigenvalue weighted by Crippen LogP contribution is 2.28. The van der Waals surface area contributed by atoms with E-state index in [1.807, 2.05) is 32.0 Å². The zero-order valence-electron chi connectivity index (χ0n) is 19.1. The molecule has 1 saturated heterocycles. The van der Waals surface area contributed by atoms with E-state index in [0.29, 0.717) is 49.1 Å². The summed E-state index contributed by atoms with van der Waals surface area (Å²) >= 11 is 0. The van der Waals surface area contributed by atoms with Crippen LogP contribution in [0.25, 0.3) is 11.0 Å². The van der Waals surface area contributed by atoms with Crippen LogP contribution in [-0.4, -0.2) is 43.8 Å². The molecule has 32 heavy (non-hydrogen) atoms. The van der Waals surface area contributed by atoms with Crippen LogP contribution in [0.1, 0.15) is 42.0 Å². The van der Waals surface area contributed by atoms with Crippen LogP contribution in [-0.2, 0) is 16.6 Å². The van der Waals surface area contributed by atoms with Gasteiger partial charge in [0.1, 0.15) is 5.58 Å². The maximum absolute atomic E-state index is 13.0. The van der Waals surface area contributed by atoms with Gasteiger partial charge in [-0.25, -0.2) is 13.2 Å². The Morgan fingerprint density at radius 2 is 1.62 bits per heavy atom. The van der Waals surface area contributed by atoms with Crippen molar-refractivity contribution in [3.63, 3.8) is 0 Å². The fourth-order valence-corrected chi connectivity index (χ4v) is 5.79. The van der Waals surface area contributed by atoms with E-state index in [-0.39, 0.29) is 5.63 Å². The molecule has 170 valence electrons. The molecule has 4 rings (SSSR count). The van der Waals surface area contributed by atoms with Gasteiger partial charge in [-0.1, -0.05) is 31.5 Å². The topological polar surface area (TPSA) is 70.8 Å². The first-order valence-electron chi connectivity index (χ1n) is 11.0. The van der Waals surface area contributed by atoms with Gasteiger partial charge in [-0.2, -0.15) is 4.31 Å². The van der Waals surface area contributed by atoms with Crippen LogP contribution in [0.15, 0.2) is 56.6 Å². The Balaban J connectivity index is 1.53. The number of benzene rings is 2. The zero-order chi connectivity index (χ0) is 23.0. The van der Waals surface area contributed by atoms with Crippen molar-refractivity contribution in [2.24, 2.45) is 0 Å². The molecule has 0 amide bonds. The summed E-state index contributed by atoms with van der Waals surface area (Å²) in [7, 11) is -3.49. The maximum atomic E-state index is 13.0. The molecular weight excluding hydrogens is 424 g/mol. The standard InChI is InChI=1S/C25H30N2O4S/c1-17(2)22-15-23-20(14-25(28)31-24(23)13-19(22)4)16-26-9-11-27(12-10-26)32(29,30)21-7-5-18(3)6-8-21/h5-8,13-15,17H,9-12,16H2,1-4H3. The molecule has 6 nitrogen and oxygen atoms in total. The lowest BCUT2D eigenvalue weighted by atomic mass is 9.95. The van der Waals surface area contributed by atoms with E-state index in [4.69, 9.17) is 4.42 Å². The van der Waals surface area contributed by atoms with Crippen molar-refractivity contribution >= 4 is 21.0 Å². The fourth-order valence-electron chi connectivity index (χ4n) is 4.37. The molecule has 2 heterocycles. The van der Waals surface area contributed by atoms with Gasteiger partial charge in [-0.3, -0.25) is 4.90 Å². The highest BCUT2D eigenvalue weighted by Gasteiger charge is 2.28. The average Bonchev–Trinajstić information content (AvgIpc) is 2.73. The molecule has 0 saturated carbocycles. The summed E-state index contributed by atoms with van der Waals surface area (Å²) in [4.78, 5) is 14.7. The molecule has 1 fully saturated rings. The van der Waals surface area contributed by atoms with Gasteiger partial charge in [0, 0.05) is 44.2 Å². The van der Waals surface area contributed by atoms with Gasteiger partial charge in [0.25, 0.3) is 0 Å². The van der Waals surface area contributed by atoms with E-state index < -0.39 is 10.0 Å². The van der Waals surface area contributed by atoms with E-state index in [1.54, 1.807) is 22.5 Å². The molecule has 1 aliphatic rings. The Bertz CT molecular complexity index is 1290. The van der Waals surface area contributed by atoms with E-state index in [2.05, 4.69) is 24.8 Å². The third kappa shape index (κ3) is 4.51. The molecule has 0 radical (unpaired) electrons. The quantitative estimate of drug-likeness (QED) is 0.544. The molecule has 1 aliphatic heterocycles. The van der Waals surface area contributed by atoms with E-state index in [9.17, 15) is 13.2 Å². The van der Waals surface area contributed by atoms with Crippen molar-refractivity contribution in [3.8, 4) is 0 Å². The minimum Gasteiger partial charge on any atom is -0.423 e. The normalized spacial score (nSPS) is 16.2. The summed E-state index contributed by atoms with van der Waals surface area (Å²) < 4.78 is 33.0. The van der Waals surface area contributed by atoms with Crippen LogP contribution < -0.4 is 5.63 Å². The van der Waals surface area contributed by atoms with E-state index >= 15 is 0 Å². The van der Waals surface area contributed by atoms with Crippen LogP contribution in [0.5, 0.6) is 0 Å². The number of hydrogen-bond donors (Lipinski definition) is 0. The van der Waals surface area contributed by atoms with Gasteiger partial charge in [0.2, 0.25) is 10.0 Å². The van der Waals surface area contributed by atoms with Crippen LogP contribution in [0.4, 0.5) is 0 Å². The van der Waals surface area contributed by atoms with Gasteiger partial charge in [0.05, 0.1) is 4.90 Å². The summed E-state index contributed by atoms with van der Waals surface area (Å²) in [6.45, 7) is 10.9. The maximum Gasteiger partial charge on any atom is 0.336 e. The first-order valence-corrected chi connectivity index (χ1v) is 12.5. The second kappa shape index (κ2) is 8.81. The molecule has 7 heteroatoms. The highest BCUT2D eigenvalue weighted by atomic mass is 32.2. The summed E-state index contributed by atoms with van der Waals surface area (Å²) in [6, 6.07) is 12.6. The lowest BCUT2D eigenvalue weighted by Crippen LogP contribution is -2.48. The van der Waals surface area contributed by atoms with Gasteiger partial charge in [0.15, 0.2) is 0 Å². The van der Waals surface area contributed by atoms with Crippen molar-refractivity contribution in [1.82, 2.24) is 9.21 Å². The third-order valence-electron chi connectivity index (χ3n) is 6.22. The lowest BCUT2D eigenvalue weighted by Gasteiger charge is -2.34. The molecule has 0 spiro atoms. The van der Waals surface area contributed by atoms with E-state index in [1.165, 1.54) is 5.56 Å². The van der Waals surface area contributed by atoms with Gasteiger partial charge in [-0.15, -0.1) is 0 Å². The molecule has 0 bridgehead atoms. The molecule has 0 unspecified atom stereocenters. The number of rotatable bonds is 5. The SMILES string of the molecule is Cc1ccc(S(=O)(=O)N2CCN(Cc3cc(=O)oc4cc(C)c(C(C)C)cc34)CC2)cc1.